The Labute approximate surface area is 213 Å². The molecule has 0 heterocycles. The Morgan fingerprint density at radius 1 is 0.588 bits per heavy atom. The second-order valence-corrected chi connectivity index (χ2v) is 13.2. The van der Waals surface area contributed by atoms with Crippen LogP contribution in [0.1, 0.15) is 27.7 Å². The standard InChI is InChI=1S/C31H33BrNP/c1-24(2)33(25(3)4)23-34(26-15-7-5-8-16-26,27-17-9-6-10-18-27)31-22-14-12-20-29(31)28-19-11-13-21-30(28)32/h5-25H,1-4H3/q+2. The van der Waals surface area contributed by atoms with Crippen LogP contribution in [-0.4, -0.2) is 22.6 Å². The normalized spacial score (nSPS) is 11.6. The molecule has 0 aromatic heterocycles. The fraction of sp³-hybridized carbons (Fsp3) is 0.194. The van der Waals surface area contributed by atoms with Crippen LogP contribution in [0.25, 0.3) is 11.1 Å². The van der Waals surface area contributed by atoms with E-state index in [1.807, 2.05) is 0 Å². The first-order valence-electron chi connectivity index (χ1n) is 11.9. The summed E-state index contributed by atoms with van der Waals surface area (Å²) >= 11 is 3.84. The molecule has 0 spiro atoms. The molecular weight excluding hydrogens is 497 g/mol. The van der Waals surface area contributed by atoms with Crippen LogP contribution in [-0.2, 0) is 0 Å². The van der Waals surface area contributed by atoms with Crippen LogP contribution in [0.5, 0.6) is 0 Å². The molecule has 0 bridgehead atoms. The zero-order chi connectivity index (χ0) is 24.1. The minimum absolute atomic E-state index is 0.391. The minimum atomic E-state index is -2.16. The van der Waals surface area contributed by atoms with Gasteiger partial charge in [0.2, 0.25) is 7.26 Å². The van der Waals surface area contributed by atoms with Gasteiger partial charge in [-0.2, -0.15) is 0 Å². The Kier molecular flexibility index (Phi) is 7.81. The lowest BCUT2D eigenvalue weighted by Gasteiger charge is -2.25. The van der Waals surface area contributed by atoms with Gasteiger partial charge in [0.05, 0.1) is 0 Å². The molecule has 0 radical (unpaired) electrons. The highest BCUT2D eigenvalue weighted by Gasteiger charge is 2.50. The predicted molar refractivity (Wildman–Crippen MR) is 155 cm³/mol. The SMILES string of the molecule is CC(C)[N+](=C[P+](c1ccccc1)(c1ccccc1)c1ccccc1-c1ccccc1Br)C(C)C. The third-order valence-corrected chi connectivity index (χ3v) is 11.0. The van der Waals surface area contributed by atoms with Crippen molar-refractivity contribution in [2.45, 2.75) is 39.8 Å². The fourth-order valence-corrected chi connectivity index (χ4v) is 9.56. The maximum Gasteiger partial charge on any atom is 0.292 e. The van der Waals surface area contributed by atoms with E-state index in [2.05, 4.69) is 163 Å². The Hall–Kier alpha value is -2.54. The van der Waals surface area contributed by atoms with Crippen molar-refractivity contribution in [3.63, 3.8) is 0 Å². The maximum atomic E-state index is 3.84. The summed E-state index contributed by atoms with van der Waals surface area (Å²) < 4.78 is 3.66. The lowest BCUT2D eigenvalue weighted by molar-refractivity contribution is -0.581. The van der Waals surface area contributed by atoms with Crippen LogP contribution in [0, 0.1) is 0 Å². The molecule has 4 aromatic rings. The fourth-order valence-electron chi connectivity index (χ4n) is 4.70. The molecule has 0 saturated carbocycles. The molecule has 0 aliphatic carbocycles. The van der Waals surface area contributed by atoms with Crippen molar-refractivity contribution in [2.75, 3.05) is 0 Å². The van der Waals surface area contributed by atoms with Crippen LogP contribution in [0.4, 0.5) is 0 Å². The van der Waals surface area contributed by atoms with Crippen molar-refractivity contribution in [3.05, 3.63) is 114 Å². The van der Waals surface area contributed by atoms with Crippen molar-refractivity contribution in [2.24, 2.45) is 0 Å². The van der Waals surface area contributed by atoms with Gasteiger partial charge < -0.3 is 0 Å². The van der Waals surface area contributed by atoms with Crippen LogP contribution < -0.4 is 15.9 Å². The van der Waals surface area contributed by atoms with Gasteiger partial charge in [0.1, 0.15) is 15.9 Å². The molecule has 0 amide bonds. The van der Waals surface area contributed by atoms with Gasteiger partial charge in [-0.25, -0.2) is 4.58 Å². The van der Waals surface area contributed by atoms with Gasteiger partial charge in [-0.3, -0.25) is 0 Å². The van der Waals surface area contributed by atoms with Crippen LogP contribution in [0.3, 0.4) is 0 Å². The Morgan fingerprint density at radius 2 is 1.03 bits per heavy atom. The predicted octanol–water partition coefficient (Wildman–Crippen LogP) is 7.27. The first kappa shape index (κ1) is 24.6. The summed E-state index contributed by atoms with van der Waals surface area (Å²) in [4.78, 5) is 0. The smallest absolute Gasteiger partial charge is 0.202 e. The number of hydrogen-bond donors (Lipinski definition) is 0. The first-order valence-corrected chi connectivity index (χ1v) is 14.6. The van der Waals surface area contributed by atoms with E-state index in [1.165, 1.54) is 27.0 Å². The van der Waals surface area contributed by atoms with Crippen LogP contribution in [0.2, 0.25) is 0 Å². The van der Waals surface area contributed by atoms with Crippen LogP contribution in [0.15, 0.2) is 114 Å². The lowest BCUT2D eigenvalue weighted by Crippen LogP contribution is -2.38. The van der Waals surface area contributed by atoms with Gasteiger partial charge in [-0.05, 0) is 69.7 Å². The van der Waals surface area contributed by atoms with E-state index >= 15 is 0 Å². The van der Waals surface area contributed by atoms with Gasteiger partial charge >= 0.3 is 0 Å². The number of halogens is 1. The number of nitrogens with zero attached hydrogens (tertiary/aromatic N) is 1. The Balaban J connectivity index is 2.18. The van der Waals surface area contributed by atoms with E-state index in [0.717, 1.165) is 4.47 Å². The molecular formula is C31H33BrNP+2. The second kappa shape index (κ2) is 10.8. The van der Waals surface area contributed by atoms with Gasteiger partial charge in [-0.1, -0.05) is 88.7 Å². The van der Waals surface area contributed by atoms with E-state index < -0.39 is 7.26 Å². The van der Waals surface area contributed by atoms with E-state index in [1.54, 1.807) is 0 Å². The zero-order valence-electron chi connectivity index (χ0n) is 20.4. The quantitative estimate of drug-likeness (QED) is 0.134. The largest absolute Gasteiger partial charge is 0.292 e. The highest BCUT2D eigenvalue weighted by Crippen LogP contribution is 2.55. The van der Waals surface area contributed by atoms with Gasteiger partial charge in [0, 0.05) is 10.0 Å². The molecule has 0 aliphatic rings. The number of benzene rings is 4. The van der Waals surface area contributed by atoms with Gasteiger partial charge in [0.15, 0.2) is 12.1 Å². The summed E-state index contributed by atoms with van der Waals surface area (Å²) in [5.74, 6) is 2.59. The first-order chi connectivity index (χ1) is 16.4. The molecule has 0 atom stereocenters. The molecule has 4 rings (SSSR count). The summed E-state index contributed by atoms with van der Waals surface area (Å²) in [7, 11) is -2.16. The monoisotopic (exact) mass is 529 g/mol. The molecule has 0 fully saturated rings. The zero-order valence-corrected chi connectivity index (χ0v) is 22.9. The lowest BCUT2D eigenvalue weighted by atomic mass is 10.1. The molecule has 4 aromatic carbocycles. The third kappa shape index (κ3) is 4.81. The summed E-state index contributed by atoms with van der Waals surface area (Å²) in [5.41, 5.74) is 2.50. The van der Waals surface area contributed by atoms with E-state index in [0.29, 0.717) is 12.1 Å². The summed E-state index contributed by atoms with van der Waals surface area (Å²) in [5, 5.41) is 4.12. The number of hydrogen-bond acceptors (Lipinski definition) is 0. The maximum absolute atomic E-state index is 3.84. The molecule has 0 saturated heterocycles. The molecule has 0 N–H and O–H groups in total. The van der Waals surface area contributed by atoms with Gasteiger partial charge in [-0.15, -0.1) is 0 Å². The molecule has 172 valence electrons. The summed E-state index contributed by atoms with van der Waals surface area (Å²) in [6.07, 6.45) is 0. The Bertz CT molecular complexity index is 1210. The summed E-state index contributed by atoms with van der Waals surface area (Å²) in [6.45, 7) is 9.17. The van der Waals surface area contributed by atoms with E-state index in [4.69, 9.17) is 0 Å². The highest BCUT2D eigenvalue weighted by molar-refractivity contribution is 9.10. The summed E-state index contributed by atoms with van der Waals surface area (Å²) in [6, 6.07) is 40.5. The van der Waals surface area contributed by atoms with E-state index in [-0.39, 0.29) is 0 Å². The van der Waals surface area contributed by atoms with Crippen molar-refractivity contribution < 1.29 is 4.58 Å². The van der Waals surface area contributed by atoms with Crippen molar-refractivity contribution in [3.8, 4) is 11.1 Å². The molecule has 3 heteroatoms. The topological polar surface area (TPSA) is 3.01 Å². The van der Waals surface area contributed by atoms with Crippen molar-refractivity contribution >= 4 is 45.1 Å². The average Bonchev–Trinajstić information content (AvgIpc) is 2.86. The van der Waals surface area contributed by atoms with Crippen LogP contribution >= 0.6 is 23.2 Å². The minimum Gasteiger partial charge on any atom is -0.202 e. The molecule has 1 nitrogen and oxygen atoms in total. The van der Waals surface area contributed by atoms with Gasteiger partial charge in [0.25, 0.3) is 5.96 Å². The highest BCUT2D eigenvalue weighted by atomic mass is 79.9. The van der Waals surface area contributed by atoms with E-state index in [9.17, 15) is 0 Å². The van der Waals surface area contributed by atoms with Crippen molar-refractivity contribution in [1.29, 1.82) is 0 Å². The average molecular weight is 530 g/mol. The third-order valence-electron chi connectivity index (χ3n) is 6.27. The molecule has 0 unspecified atom stereocenters. The second-order valence-electron chi connectivity index (χ2n) is 9.14. The molecule has 34 heavy (non-hydrogen) atoms. The van der Waals surface area contributed by atoms with Crippen molar-refractivity contribution in [1.82, 2.24) is 0 Å². The Morgan fingerprint density at radius 3 is 1.53 bits per heavy atom. The molecule has 0 aliphatic heterocycles. The number of rotatable bonds is 7.